The van der Waals surface area contributed by atoms with Crippen LogP contribution in [-0.2, 0) is 4.79 Å². The van der Waals surface area contributed by atoms with E-state index in [0.717, 1.165) is 12.8 Å². The highest BCUT2D eigenvalue weighted by molar-refractivity contribution is 5.78. The Morgan fingerprint density at radius 3 is 2.59 bits per heavy atom. The van der Waals surface area contributed by atoms with Crippen LogP contribution in [0.5, 0.6) is 0 Å². The number of amides is 1. The average molecular weight is 244 g/mol. The molecule has 0 aromatic carbocycles. The van der Waals surface area contributed by atoms with Crippen molar-refractivity contribution < 1.29 is 13.6 Å². The molecule has 1 N–H and O–H groups in total. The Kier molecular flexibility index (Phi) is 5.33. The smallest absolute Gasteiger partial charge is 0.248 e. The Labute approximate surface area is 100 Å². The largest absolute Gasteiger partial charge is 0.356 e. The van der Waals surface area contributed by atoms with E-state index in [0.29, 0.717) is 13.0 Å². The van der Waals surface area contributed by atoms with Crippen LogP contribution in [0.25, 0.3) is 0 Å². The first kappa shape index (κ1) is 13.9. The van der Waals surface area contributed by atoms with Crippen molar-refractivity contribution in [3.05, 3.63) is 0 Å². The monoisotopic (exact) mass is 244 g/mol. The van der Waals surface area contributed by atoms with Crippen molar-refractivity contribution in [2.75, 3.05) is 6.54 Å². The number of hydrogen-bond donors (Lipinski definition) is 1. The Morgan fingerprint density at radius 2 is 2.00 bits per heavy atom. The summed E-state index contributed by atoms with van der Waals surface area (Å²) in [5, 5.41) is 11.1. The second kappa shape index (κ2) is 6.53. The molecular weight excluding hydrogens is 226 g/mol. The van der Waals surface area contributed by atoms with E-state index < -0.39 is 5.92 Å². The summed E-state index contributed by atoms with van der Waals surface area (Å²) in [6, 6.07) is 2.03. The normalized spacial score (nSPS) is 19.6. The number of nitrogens with zero attached hydrogens (tertiary/aromatic N) is 1. The quantitative estimate of drug-likeness (QED) is 0.756. The van der Waals surface area contributed by atoms with Gasteiger partial charge in [0.1, 0.15) is 0 Å². The second-order valence-corrected chi connectivity index (χ2v) is 4.54. The lowest BCUT2D eigenvalue weighted by atomic mass is 9.86. The molecule has 0 aromatic rings. The van der Waals surface area contributed by atoms with Crippen LogP contribution in [0.4, 0.5) is 8.78 Å². The molecule has 0 spiro atoms. The summed E-state index contributed by atoms with van der Waals surface area (Å²) in [7, 11) is 0. The van der Waals surface area contributed by atoms with Crippen molar-refractivity contribution in [2.45, 2.75) is 50.9 Å². The third-order valence-electron chi connectivity index (χ3n) is 3.10. The topological polar surface area (TPSA) is 52.9 Å². The molecule has 3 nitrogen and oxygen atoms in total. The summed E-state index contributed by atoms with van der Waals surface area (Å²) in [6.07, 6.45) is 2.21. The van der Waals surface area contributed by atoms with Crippen molar-refractivity contribution in [1.29, 1.82) is 5.26 Å². The fraction of sp³-hybridized carbons (Fsp3) is 0.833. The molecule has 1 saturated carbocycles. The van der Waals surface area contributed by atoms with E-state index in [2.05, 4.69) is 5.32 Å². The predicted octanol–water partition coefficient (Wildman–Crippen LogP) is 2.62. The summed E-state index contributed by atoms with van der Waals surface area (Å²) in [6.45, 7) is 0.535. The maximum atomic E-state index is 12.9. The number of nitrogens with one attached hydrogen (secondary N) is 1. The van der Waals surface area contributed by atoms with Crippen LogP contribution in [0.3, 0.4) is 0 Å². The van der Waals surface area contributed by atoms with Crippen molar-refractivity contribution in [3.63, 3.8) is 0 Å². The highest BCUT2D eigenvalue weighted by atomic mass is 19.3. The van der Waals surface area contributed by atoms with E-state index in [1.165, 1.54) is 0 Å². The number of rotatable bonds is 5. The second-order valence-electron chi connectivity index (χ2n) is 4.54. The summed E-state index contributed by atoms with van der Waals surface area (Å²) in [5.41, 5.74) is 0. The lowest BCUT2D eigenvalue weighted by Crippen LogP contribution is -2.36. The van der Waals surface area contributed by atoms with E-state index in [-0.39, 0.29) is 37.5 Å². The number of alkyl halides is 2. The molecule has 1 amide bonds. The van der Waals surface area contributed by atoms with Gasteiger partial charge in [0.2, 0.25) is 11.8 Å². The summed E-state index contributed by atoms with van der Waals surface area (Å²) < 4.78 is 25.7. The number of carbonyl (C=O) groups excluding carboxylic acids is 1. The highest BCUT2D eigenvalue weighted by Gasteiger charge is 2.37. The van der Waals surface area contributed by atoms with E-state index in [1.807, 2.05) is 6.07 Å². The zero-order valence-electron chi connectivity index (χ0n) is 9.85. The fourth-order valence-electron chi connectivity index (χ4n) is 1.99. The lowest BCUT2D eigenvalue weighted by Gasteiger charge is -2.27. The minimum absolute atomic E-state index is 0.113. The Balaban J connectivity index is 2.15. The van der Waals surface area contributed by atoms with Gasteiger partial charge in [-0.25, -0.2) is 8.78 Å². The molecule has 0 atom stereocenters. The van der Waals surface area contributed by atoms with Gasteiger partial charge in [-0.15, -0.1) is 0 Å². The Morgan fingerprint density at radius 1 is 1.35 bits per heavy atom. The molecule has 0 radical (unpaired) electrons. The maximum absolute atomic E-state index is 12.9. The van der Waals surface area contributed by atoms with Crippen LogP contribution in [-0.4, -0.2) is 18.4 Å². The SMILES string of the molecule is N#CCCCCNC(=O)C1CCC(F)(F)CC1. The highest BCUT2D eigenvalue weighted by Crippen LogP contribution is 2.36. The minimum Gasteiger partial charge on any atom is -0.356 e. The molecule has 0 bridgehead atoms. The predicted molar refractivity (Wildman–Crippen MR) is 59.4 cm³/mol. The van der Waals surface area contributed by atoms with Crippen LogP contribution >= 0.6 is 0 Å². The van der Waals surface area contributed by atoms with Crippen molar-refractivity contribution in [2.24, 2.45) is 5.92 Å². The molecule has 17 heavy (non-hydrogen) atoms. The Hall–Kier alpha value is -1.18. The average Bonchev–Trinajstić information content (AvgIpc) is 2.28. The molecule has 0 unspecified atom stereocenters. The standard InChI is InChI=1S/C12H18F2N2O/c13-12(14)6-4-10(5-7-12)11(17)16-9-3-1-2-8-15/h10H,1-7,9H2,(H,16,17). The number of halogens is 2. The van der Waals surface area contributed by atoms with E-state index in [1.54, 1.807) is 0 Å². The van der Waals surface area contributed by atoms with Crippen LogP contribution < -0.4 is 5.32 Å². The van der Waals surface area contributed by atoms with Crippen molar-refractivity contribution in [1.82, 2.24) is 5.32 Å². The molecule has 5 heteroatoms. The van der Waals surface area contributed by atoms with Gasteiger partial charge in [-0.2, -0.15) is 5.26 Å². The van der Waals surface area contributed by atoms with Crippen LogP contribution in [0.1, 0.15) is 44.9 Å². The van der Waals surface area contributed by atoms with Gasteiger partial charge in [0, 0.05) is 31.7 Å². The van der Waals surface area contributed by atoms with E-state index >= 15 is 0 Å². The van der Waals surface area contributed by atoms with Crippen molar-refractivity contribution >= 4 is 5.91 Å². The van der Waals surface area contributed by atoms with Crippen LogP contribution in [0, 0.1) is 17.2 Å². The first-order valence-corrected chi connectivity index (χ1v) is 6.08. The van der Waals surface area contributed by atoms with Gasteiger partial charge in [-0.3, -0.25) is 4.79 Å². The minimum atomic E-state index is -2.58. The van der Waals surface area contributed by atoms with Crippen LogP contribution in [0.2, 0.25) is 0 Å². The van der Waals surface area contributed by atoms with Gasteiger partial charge in [-0.05, 0) is 25.7 Å². The zero-order valence-corrected chi connectivity index (χ0v) is 9.85. The first-order valence-electron chi connectivity index (χ1n) is 6.08. The number of nitriles is 1. The zero-order chi connectivity index (χ0) is 12.7. The molecule has 0 aromatic heterocycles. The molecule has 0 saturated heterocycles. The first-order chi connectivity index (χ1) is 8.05. The molecule has 1 aliphatic carbocycles. The van der Waals surface area contributed by atoms with Gasteiger partial charge in [0.15, 0.2) is 0 Å². The van der Waals surface area contributed by atoms with Gasteiger partial charge >= 0.3 is 0 Å². The van der Waals surface area contributed by atoms with Gasteiger partial charge < -0.3 is 5.32 Å². The number of hydrogen-bond acceptors (Lipinski definition) is 2. The van der Waals surface area contributed by atoms with Gasteiger partial charge in [0.05, 0.1) is 6.07 Å². The molecule has 1 fully saturated rings. The fourth-order valence-corrected chi connectivity index (χ4v) is 1.99. The molecule has 1 aliphatic rings. The summed E-state index contributed by atoms with van der Waals surface area (Å²) in [5.74, 6) is -2.95. The summed E-state index contributed by atoms with van der Waals surface area (Å²) in [4.78, 5) is 11.6. The molecule has 96 valence electrons. The van der Waals surface area contributed by atoms with Crippen LogP contribution in [0.15, 0.2) is 0 Å². The van der Waals surface area contributed by atoms with E-state index in [9.17, 15) is 13.6 Å². The number of carbonyl (C=O) groups is 1. The lowest BCUT2D eigenvalue weighted by molar-refractivity contribution is -0.129. The molecule has 0 aliphatic heterocycles. The Bertz CT molecular complexity index is 289. The third-order valence-corrected chi connectivity index (χ3v) is 3.10. The van der Waals surface area contributed by atoms with Gasteiger partial charge in [0.25, 0.3) is 0 Å². The summed E-state index contributed by atoms with van der Waals surface area (Å²) >= 11 is 0. The van der Waals surface area contributed by atoms with Gasteiger partial charge in [-0.1, -0.05) is 0 Å². The van der Waals surface area contributed by atoms with E-state index in [4.69, 9.17) is 5.26 Å². The number of unbranched alkanes of at least 4 members (excludes halogenated alkanes) is 2. The third kappa shape index (κ3) is 5.12. The molecular formula is C12H18F2N2O. The molecule has 1 rings (SSSR count). The molecule has 0 heterocycles. The maximum Gasteiger partial charge on any atom is 0.248 e. The van der Waals surface area contributed by atoms with Crippen molar-refractivity contribution in [3.8, 4) is 6.07 Å².